The standard InChI is InChI=1S/C13H19N2O8P/c16-9-8(3-6-24(20,21)22)23-13(11(18)10(9)17)15-12(19)7-1-4-14-5-2-7/h1-2,4-5,8-11,13,16-18H,3,6H2,(H,15,19)(H2,20,21,22)/t8-,9-,10+,11+,13?/m1/s1. The maximum Gasteiger partial charge on any atom is 0.325 e. The number of hydrogen-bond acceptors (Lipinski definition) is 7. The number of amides is 1. The highest BCUT2D eigenvalue weighted by molar-refractivity contribution is 7.51. The van der Waals surface area contributed by atoms with Crippen molar-refractivity contribution in [2.45, 2.75) is 37.1 Å². The number of nitrogens with zero attached hydrogens (tertiary/aromatic N) is 1. The molecule has 1 saturated heterocycles. The van der Waals surface area contributed by atoms with Gasteiger partial charge in [0.05, 0.1) is 12.3 Å². The molecule has 134 valence electrons. The molecule has 0 bridgehead atoms. The third-order valence-corrected chi connectivity index (χ3v) is 4.47. The lowest BCUT2D eigenvalue weighted by Crippen LogP contribution is -2.62. The van der Waals surface area contributed by atoms with Gasteiger partial charge in [0.25, 0.3) is 5.91 Å². The zero-order valence-electron chi connectivity index (χ0n) is 12.5. The van der Waals surface area contributed by atoms with Crippen molar-refractivity contribution in [2.24, 2.45) is 0 Å². The molecule has 24 heavy (non-hydrogen) atoms. The number of rotatable bonds is 5. The van der Waals surface area contributed by atoms with Gasteiger partial charge in [0.15, 0.2) is 6.23 Å². The van der Waals surface area contributed by atoms with Crippen molar-refractivity contribution in [1.82, 2.24) is 10.3 Å². The third-order valence-electron chi connectivity index (χ3n) is 3.63. The molecule has 1 aliphatic heterocycles. The number of aliphatic hydroxyl groups excluding tert-OH is 3. The minimum absolute atomic E-state index is 0.244. The van der Waals surface area contributed by atoms with E-state index in [0.717, 1.165) is 0 Å². The lowest BCUT2D eigenvalue weighted by Gasteiger charge is -2.40. The Hall–Kier alpha value is -1.39. The van der Waals surface area contributed by atoms with Crippen molar-refractivity contribution in [3.63, 3.8) is 0 Å². The highest BCUT2D eigenvalue weighted by Crippen LogP contribution is 2.37. The average molecular weight is 362 g/mol. The quantitative estimate of drug-likeness (QED) is 0.330. The summed E-state index contributed by atoms with van der Waals surface area (Å²) in [6.07, 6.45) is -5.30. The van der Waals surface area contributed by atoms with Gasteiger partial charge in [-0.1, -0.05) is 0 Å². The molecule has 0 radical (unpaired) electrons. The molecule has 11 heteroatoms. The van der Waals surface area contributed by atoms with Crippen LogP contribution in [0, 0.1) is 0 Å². The monoisotopic (exact) mass is 362 g/mol. The van der Waals surface area contributed by atoms with Crippen LogP contribution in [0.15, 0.2) is 24.5 Å². The minimum Gasteiger partial charge on any atom is -0.388 e. The molecule has 0 spiro atoms. The Morgan fingerprint density at radius 1 is 1.17 bits per heavy atom. The van der Waals surface area contributed by atoms with Crippen LogP contribution in [-0.4, -0.2) is 72.8 Å². The van der Waals surface area contributed by atoms with Crippen LogP contribution in [-0.2, 0) is 9.30 Å². The molecule has 1 unspecified atom stereocenters. The van der Waals surface area contributed by atoms with Crippen molar-refractivity contribution in [3.05, 3.63) is 30.1 Å². The molecule has 1 aromatic rings. The van der Waals surface area contributed by atoms with E-state index in [9.17, 15) is 24.7 Å². The van der Waals surface area contributed by atoms with Crippen LogP contribution < -0.4 is 5.32 Å². The van der Waals surface area contributed by atoms with E-state index in [2.05, 4.69) is 10.3 Å². The lowest BCUT2D eigenvalue weighted by molar-refractivity contribution is -0.226. The normalized spacial score (nSPS) is 30.8. The Balaban J connectivity index is 2.05. The first-order valence-electron chi connectivity index (χ1n) is 7.14. The predicted molar refractivity (Wildman–Crippen MR) is 79.9 cm³/mol. The summed E-state index contributed by atoms with van der Waals surface area (Å²) in [6.45, 7) is 0. The zero-order chi connectivity index (χ0) is 17.9. The minimum atomic E-state index is -4.32. The summed E-state index contributed by atoms with van der Waals surface area (Å²) >= 11 is 0. The number of ether oxygens (including phenoxy) is 1. The van der Waals surface area contributed by atoms with Crippen LogP contribution >= 0.6 is 7.60 Å². The van der Waals surface area contributed by atoms with Crippen LogP contribution in [0.4, 0.5) is 0 Å². The summed E-state index contributed by atoms with van der Waals surface area (Å²) in [4.78, 5) is 33.6. The molecule has 2 rings (SSSR count). The number of carbonyl (C=O) groups excluding carboxylic acids is 1. The maximum atomic E-state index is 12.1. The zero-order valence-corrected chi connectivity index (χ0v) is 13.4. The van der Waals surface area contributed by atoms with Gasteiger partial charge in [0, 0.05) is 18.0 Å². The number of aromatic nitrogens is 1. The van der Waals surface area contributed by atoms with E-state index in [1.54, 1.807) is 0 Å². The van der Waals surface area contributed by atoms with Crippen LogP contribution in [0.2, 0.25) is 0 Å². The van der Waals surface area contributed by atoms with E-state index < -0.39 is 50.3 Å². The molecular weight excluding hydrogens is 343 g/mol. The predicted octanol–water partition coefficient (Wildman–Crippen LogP) is -1.81. The van der Waals surface area contributed by atoms with Crippen LogP contribution in [0.1, 0.15) is 16.8 Å². The van der Waals surface area contributed by atoms with Crippen LogP contribution in [0.25, 0.3) is 0 Å². The molecule has 1 amide bonds. The van der Waals surface area contributed by atoms with E-state index in [1.165, 1.54) is 24.5 Å². The molecular formula is C13H19N2O8P. The first-order valence-corrected chi connectivity index (χ1v) is 8.94. The summed E-state index contributed by atoms with van der Waals surface area (Å²) in [5.74, 6) is -0.598. The Kier molecular flexibility index (Phi) is 6.05. The molecule has 0 aliphatic carbocycles. The van der Waals surface area contributed by atoms with Crippen molar-refractivity contribution in [2.75, 3.05) is 6.16 Å². The van der Waals surface area contributed by atoms with Gasteiger partial charge in [-0.15, -0.1) is 0 Å². The second kappa shape index (κ2) is 7.66. The SMILES string of the molecule is O=C(NC1O[C@H](CCP(=O)(O)O)[C@@H](O)[C@H](O)[C@@H]1O)c1ccncc1. The van der Waals surface area contributed by atoms with Gasteiger partial charge >= 0.3 is 7.60 Å². The molecule has 6 N–H and O–H groups in total. The Morgan fingerprint density at radius 3 is 2.38 bits per heavy atom. The fourth-order valence-electron chi connectivity index (χ4n) is 2.32. The molecule has 10 nitrogen and oxygen atoms in total. The fourth-order valence-corrected chi connectivity index (χ4v) is 2.91. The van der Waals surface area contributed by atoms with Crippen molar-refractivity contribution < 1.29 is 39.2 Å². The molecule has 2 heterocycles. The summed E-state index contributed by atoms with van der Waals surface area (Å²) < 4.78 is 16.3. The van der Waals surface area contributed by atoms with Gasteiger partial charge in [-0.2, -0.15) is 0 Å². The van der Waals surface area contributed by atoms with Gasteiger partial charge in [-0.3, -0.25) is 14.3 Å². The lowest BCUT2D eigenvalue weighted by atomic mass is 9.96. The maximum absolute atomic E-state index is 12.1. The largest absolute Gasteiger partial charge is 0.388 e. The van der Waals surface area contributed by atoms with E-state index in [-0.39, 0.29) is 12.0 Å². The smallest absolute Gasteiger partial charge is 0.325 e. The van der Waals surface area contributed by atoms with Gasteiger partial charge in [0.1, 0.15) is 18.3 Å². The Morgan fingerprint density at radius 2 is 1.79 bits per heavy atom. The Bertz CT molecular complexity index is 609. The Labute approximate surface area is 137 Å². The molecule has 1 aliphatic rings. The van der Waals surface area contributed by atoms with Crippen LogP contribution in [0.5, 0.6) is 0 Å². The summed E-state index contributed by atoms with van der Waals surface area (Å²) in [5, 5.41) is 32.0. The average Bonchev–Trinajstić information content (AvgIpc) is 2.54. The van der Waals surface area contributed by atoms with E-state index in [1.807, 2.05) is 0 Å². The van der Waals surface area contributed by atoms with Gasteiger partial charge in [0.2, 0.25) is 0 Å². The van der Waals surface area contributed by atoms with E-state index >= 15 is 0 Å². The third kappa shape index (κ3) is 4.81. The first kappa shape index (κ1) is 18.9. The summed E-state index contributed by atoms with van der Waals surface area (Å²) in [7, 11) is -4.32. The number of aliphatic hydroxyl groups is 3. The molecule has 1 aromatic heterocycles. The van der Waals surface area contributed by atoms with E-state index in [0.29, 0.717) is 0 Å². The van der Waals surface area contributed by atoms with Crippen molar-refractivity contribution >= 4 is 13.5 Å². The van der Waals surface area contributed by atoms with Gasteiger partial charge < -0.3 is 35.2 Å². The van der Waals surface area contributed by atoms with Crippen molar-refractivity contribution in [1.29, 1.82) is 0 Å². The summed E-state index contributed by atoms with van der Waals surface area (Å²) in [5.41, 5.74) is 0.244. The molecule has 5 atom stereocenters. The van der Waals surface area contributed by atoms with Crippen LogP contribution in [0.3, 0.4) is 0 Å². The first-order chi connectivity index (χ1) is 11.2. The number of pyridine rings is 1. The van der Waals surface area contributed by atoms with Crippen molar-refractivity contribution in [3.8, 4) is 0 Å². The highest BCUT2D eigenvalue weighted by atomic mass is 31.2. The number of hydrogen-bond donors (Lipinski definition) is 6. The number of carbonyl (C=O) groups is 1. The van der Waals surface area contributed by atoms with Gasteiger partial charge in [-0.05, 0) is 18.6 Å². The van der Waals surface area contributed by atoms with Gasteiger partial charge in [-0.25, -0.2) is 0 Å². The molecule has 0 aromatic carbocycles. The van der Waals surface area contributed by atoms with E-state index in [4.69, 9.17) is 14.5 Å². The molecule has 0 saturated carbocycles. The highest BCUT2D eigenvalue weighted by Gasteiger charge is 2.44. The fraction of sp³-hybridized carbons (Fsp3) is 0.538. The topological polar surface area (TPSA) is 169 Å². The second-order valence-corrected chi connectivity index (χ2v) is 7.23. The molecule has 1 fully saturated rings. The number of nitrogens with one attached hydrogen (secondary N) is 1. The summed E-state index contributed by atoms with van der Waals surface area (Å²) in [6, 6.07) is 2.86. The second-order valence-electron chi connectivity index (χ2n) is 5.45.